The van der Waals surface area contributed by atoms with Gasteiger partial charge in [0.1, 0.15) is 48.0 Å². The van der Waals surface area contributed by atoms with Crippen LogP contribution in [0.2, 0.25) is 0 Å². The molecule has 2 fully saturated rings. The molecule has 1 aromatic carbocycles. The van der Waals surface area contributed by atoms with E-state index in [0.29, 0.717) is 41.9 Å². The largest absolute Gasteiger partial charge is 0.491 e. The second kappa shape index (κ2) is 14.4. The van der Waals surface area contributed by atoms with Crippen molar-refractivity contribution < 1.29 is 28.6 Å². The third-order valence-electron chi connectivity index (χ3n) is 9.37. The summed E-state index contributed by atoms with van der Waals surface area (Å²) >= 11 is 0. The van der Waals surface area contributed by atoms with Crippen LogP contribution < -0.4 is 20.3 Å². The Bertz CT molecular complexity index is 1990. The number of fused-ring (bicyclic) bond motifs is 2. The first kappa shape index (κ1) is 34.1. The molecule has 6 heterocycles. The number of methoxy groups -OCH3 is 1. The predicted octanol–water partition coefficient (Wildman–Crippen LogP) is 4.14. The van der Waals surface area contributed by atoms with Crippen molar-refractivity contribution in [2.75, 3.05) is 43.6 Å². The zero-order chi connectivity index (χ0) is 35.6. The summed E-state index contributed by atoms with van der Waals surface area (Å²) in [6.45, 7) is 10.3. The van der Waals surface area contributed by atoms with Crippen LogP contribution in [0.3, 0.4) is 0 Å². The minimum absolute atomic E-state index is 0.102. The summed E-state index contributed by atoms with van der Waals surface area (Å²) in [5.74, 6) is 1.74. The molecule has 0 aliphatic carbocycles. The van der Waals surface area contributed by atoms with Crippen LogP contribution in [0, 0.1) is 0 Å². The van der Waals surface area contributed by atoms with Gasteiger partial charge in [0.15, 0.2) is 0 Å². The molecule has 4 aromatic rings. The molecule has 0 spiro atoms. The summed E-state index contributed by atoms with van der Waals surface area (Å²) in [6, 6.07) is 7.75. The first-order chi connectivity index (χ1) is 24.7. The molecule has 0 radical (unpaired) electrons. The lowest BCUT2D eigenvalue weighted by Gasteiger charge is -2.31. The number of imide groups is 1. The molecule has 51 heavy (non-hydrogen) atoms. The van der Waals surface area contributed by atoms with Crippen LogP contribution in [0.25, 0.3) is 11.0 Å². The van der Waals surface area contributed by atoms with Crippen LogP contribution in [-0.4, -0.2) is 92.7 Å². The number of anilines is 3. The zero-order valence-corrected chi connectivity index (χ0v) is 28.9. The molecule has 15 nitrogen and oxygen atoms in total. The van der Waals surface area contributed by atoms with Gasteiger partial charge in [0.2, 0.25) is 11.9 Å². The molecule has 0 saturated carbocycles. The van der Waals surface area contributed by atoms with E-state index in [1.807, 2.05) is 12.1 Å². The number of carbonyl (C=O) groups is 3. The highest BCUT2D eigenvalue weighted by atomic mass is 16.5. The van der Waals surface area contributed by atoms with E-state index in [4.69, 9.17) is 24.2 Å². The topological polar surface area (TPSA) is 166 Å². The molecule has 0 bridgehead atoms. The number of hydrogen-bond donors (Lipinski definition) is 2. The standard InChI is InChI=1S/C36H41N9O6/c1-21(2)44-29-18-31(41-30-9-12-37-36(42-30)43-13-10-23(49-4)11-14-43)38-19-27(29)40-32(44)20-50-15-16-51-24-6-7-25-26(17-24)35(48)45(34(25)47)28-8-5-22(3)39-33(28)46/h6-7,9,12,17-19,21,23,28H,3,5,8,10-11,13-16,20H2,1-2,4H3,(H,39,46)(H,37,38,41,42). The van der Waals surface area contributed by atoms with Gasteiger partial charge in [-0.25, -0.2) is 15.0 Å². The smallest absolute Gasteiger partial charge is 0.262 e. The third kappa shape index (κ3) is 6.99. The number of ether oxygens (including phenoxy) is 3. The molecule has 2 saturated heterocycles. The number of nitrogens with one attached hydrogen (secondary N) is 2. The van der Waals surface area contributed by atoms with E-state index in [2.05, 4.69) is 50.5 Å². The lowest BCUT2D eigenvalue weighted by atomic mass is 10.0. The number of amides is 3. The lowest BCUT2D eigenvalue weighted by Crippen LogP contribution is -2.51. The molecule has 3 aliphatic rings. The maximum atomic E-state index is 13.2. The van der Waals surface area contributed by atoms with Crippen LogP contribution in [0.5, 0.6) is 5.75 Å². The highest BCUT2D eigenvalue weighted by Crippen LogP contribution is 2.31. The van der Waals surface area contributed by atoms with E-state index in [-0.39, 0.29) is 43.1 Å². The second-order valence-corrected chi connectivity index (χ2v) is 13.1. The SMILES string of the molecule is C=C1CCC(N2C(=O)c3ccc(OCCOCc4nc5cnc(Nc6ccnc(N7CCC(OC)CC7)n6)cc5n4C(C)C)cc3C2=O)C(=O)N1. The average molecular weight is 696 g/mol. The van der Waals surface area contributed by atoms with Crippen molar-refractivity contribution in [1.82, 2.24) is 34.7 Å². The van der Waals surface area contributed by atoms with Crippen molar-refractivity contribution in [2.24, 2.45) is 0 Å². The van der Waals surface area contributed by atoms with E-state index < -0.39 is 23.8 Å². The number of imidazole rings is 1. The number of aromatic nitrogens is 5. The highest BCUT2D eigenvalue weighted by molar-refractivity contribution is 6.23. The molecule has 3 aliphatic heterocycles. The molecule has 1 atom stereocenters. The molecule has 3 aromatic heterocycles. The molecule has 15 heteroatoms. The summed E-state index contributed by atoms with van der Waals surface area (Å²) < 4.78 is 19.4. The van der Waals surface area contributed by atoms with E-state index in [1.165, 1.54) is 0 Å². The monoisotopic (exact) mass is 695 g/mol. The predicted molar refractivity (Wildman–Crippen MR) is 188 cm³/mol. The maximum Gasteiger partial charge on any atom is 0.262 e. The Balaban J connectivity index is 0.955. The van der Waals surface area contributed by atoms with Crippen molar-refractivity contribution in [3.63, 3.8) is 0 Å². The molecular weight excluding hydrogens is 654 g/mol. The quantitative estimate of drug-likeness (QED) is 0.161. The number of pyridine rings is 1. The number of piperidine rings is 2. The van der Waals surface area contributed by atoms with Crippen LogP contribution >= 0.6 is 0 Å². The van der Waals surface area contributed by atoms with Crippen molar-refractivity contribution in [3.8, 4) is 5.75 Å². The summed E-state index contributed by atoms with van der Waals surface area (Å²) in [6.07, 6.45) is 6.48. The van der Waals surface area contributed by atoms with Crippen molar-refractivity contribution in [1.29, 1.82) is 0 Å². The van der Waals surface area contributed by atoms with Crippen molar-refractivity contribution >= 4 is 46.3 Å². The number of nitrogens with zero attached hydrogens (tertiary/aromatic N) is 7. The van der Waals surface area contributed by atoms with Gasteiger partial charge in [0.05, 0.1) is 35.6 Å². The van der Waals surface area contributed by atoms with Gasteiger partial charge in [-0.2, -0.15) is 4.98 Å². The Morgan fingerprint density at radius 1 is 0.980 bits per heavy atom. The van der Waals surface area contributed by atoms with Gasteiger partial charge in [-0.1, -0.05) is 6.58 Å². The molecule has 266 valence electrons. The molecule has 2 N–H and O–H groups in total. The van der Waals surface area contributed by atoms with Gasteiger partial charge >= 0.3 is 0 Å². The summed E-state index contributed by atoms with van der Waals surface area (Å²) in [4.78, 5) is 60.5. The summed E-state index contributed by atoms with van der Waals surface area (Å²) in [7, 11) is 1.75. The van der Waals surface area contributed by atoms with Crippen molar-refractivity contribution in [3.05, 3.63) is 72.0 Å². The van der Waals surface area contributed by atoms with Gasteiger partial charge < -0.3 is 34.3 Å². The highest BCUT2D eigenvalue weighted by Gasteiger charge is 2.44. The maximum absolute atomic E-state index is 13.2. The number of carbonyl (C=O) groups excluding carboxylic acids is 3. The van der Waals surface area contributed by atoms with Gasteiger partial charge in [-0.3, -0.25) is 19.3 Å². The van der Waals surface area contributed by atoms with Gasteiger partial charge in [0, 0.05) is 44.2 Å². The third-order valence-corrected chi connectivity index (χ3v) is 9.37. The van der Waals surface area contributed by atoms with E-state index in [1.54, 1.807) is 37.7 Å². The summed E-state index contributed by atoms with van der Waals surface area (Å²) in [5.41, 5.74) is 2.70. The molecule has 7 rings (SSSR count). The number of allylic oxidation sites excluding steroid dienone is 1. The first-order valence-corrected chi connectivity index (χ1v) is 17.2. The van der Waals surface area contributed by atoms with Crippen molar-refractivity contribution in [2.45, 2.75) is 64.3 Å². The van der Waals surface area contributed by atoms with Gasteiger partial charge in [0.25, 0.3) is 11.8 Å². The minimum Gasteiger partial charge on any atom is -0.491 e. The van der Waals surface area contributed by atoms with Gasteiger partial charge in [-0.05, 0) is 63.8 Å². The minimum atomic E-state index is -0.865. The Morgan fingerprint density at radius 2 is 1.78 bits per heavy atom. The van der Waals surface area contributed by atoms with E-state index >= 15 is 0 Å². The first-order valence-electron chi connectivity index (χ1n) is 17.2. The molecular formula is C36H41N9O6. The van der Waals surface area contributed by atoms with Crippen LogP contribution in [0.4, 0.5) is 17.6 Å². The average Bonchev–Trinajstić information content (AvgIpc) is 3.61. The number of rotatable bonds is 12. The normalized spacial score (nSPS) is 18.2. The van der Waals surface area contributed by atoms with Crippen LogP contribution in [-0.2, 0) is 20.9 Å². The Kier molecular flexibility index (Phi) is 9.65. The Morgan fingerprint density at radius 3 is 2.55 bits per heavy atom. The van der Waals surface area contributed by atoms with Crippen LogP contribution in [0.15, 0.2) is 55.0 Å². The van der Waals surface area contributed by atoms with Gasteiger partial charge in [-0.15, -0.1) is 0 Å². The Labute approximate surface area is 295 Å². The summed E-state index contributed by atoms with van der Waals surface area (Å²) in [5, 5.41) is 5.96. The fraction of sp³-hybridized carbons (Fsp3) is 0.417. The van der Waals surface area contributed by atoms with Crippen LogP contribution in [0.1, 0.15) is 72.1 Å². The fourth-order valence-corrected chi connectivity index (χ4v) is 6.79. The van der Waals surface area contributed by atoms with E-state index in [0.717, 1.165) is 47.7 Å². The fourth-order valence-electron chi connectivity index (χ4n) is 6.79. The van der Waals surface area contributed by atoms with E-state index in [9.17, 15) is 14.4 Å². The lowest BCUT2D eigenvalue weighted by molar-refractivity contribution is -0.125. The molecule has 3 amide bonds. The molecule has 1 unspecified atom stereocenters. The second-order valence-electron chi connectivity index (χ2n) is 13.1. The zero-order valence-electron chi connectivity index (χ0n) is 28.9. The number of hydrogen-bond acceptors (Lipinski definition) is 12. The Hall–Kier alpha value is -5.41. The number of benzene rings is 1.